The Balaban J connectivity index is 1.10. The first kappa shape index (κ1) is 33.8. The summed E-state index contributed by atoms with van der Waals surface area (Å²) in [4.78, 5) is 2.39. The highest BCUT2D eigenvalue weighted by Gasteiger charge is 2.24. The molecule has 0 N–H and O–H groups in total. The number of benzene rings is 11. The van der Waals surface area contributed by atoms with Crippen molar-refractivity contribution < 1.29 is 8.83 Å². The molecule has 2 aromatic heterocycles. The highest BCUT2D eigenvalue weighted by atomic mass is 16.3. The summed E-state index contributed by atoms with van der Waals surface area (Å²) in [5, 5.41) is 13.7. The van der Waals surface area contributed by atoms with Gasteiger partial charge in [0, 0.05) is 38.5 Å². The first-order valence-electron chi connectivity index (χ1n) is 20.8. The van der Waals surface area contributed by atoms with Crippen LogP contribution in [0.5, 0.6) is 0 Å². The van der Waals surface area contributed by atoms with E-state index in [1.165, 1.54) is 32.3 Å². The molecule has 0 bridgehead atoms. The van der Waals surface area contributed by atoms with Crippen LogP contribution in [0.3, 0.4) is 0 Å². The Labute approximate surface area is 350 Å². The maximum Gasteiger partial charge on any atom is 0.143 e. The molecule has 0 saturated heterocycles. The molecule has 3 nitrogen and oxygen atoms in total. The molecule has 13 aromatic rings. The standard InChI is InChI=1S/C58H35NO2/c1-4-15-39-32-42(25-24-36(39)12-1)45-30-31-48(58-55(45)49-20-9-10-22-53(49)60-58)50-35-51-56-52(21-11-23-54(56)61-57(51)47-19-8-7-18-46(47)50)59(43-28-26-37-13-2-5-16-40(37)33-43)44-29-27-38-14-3-6-17-41(38)34-44/h1-35H. The zero-order valence-electron chi connectivity index (χ0n) is 33.0. The fourth-order valence-corrected chi connectivity index (χ4v) is 9.74. The molecule has 0 saturated carbocycles. The van der Waals surface area contributed by atoms with E-state index in [1.54, 1.807) is 0 Å². The first-order valence-corrected chi connectivity index (χ1v) is 20.8. The Morgan fingerprint density at radius 2 is 0.836 bits per heavy atom. The normalized spacial score (nSPS) is 11.9. The summed E-state index contributed by atoms with van der Waals surface area (Å²) in [6.45, 7) is 0. The average Bonchev–Trinajstić information content (AvgIpc) is 3.91. The fourth-order valence-electron chi connectivity index (χ4n) is 9.74. The number of fused-ring (bicyclic) bond motifs is 11. The SMILES string of the molecule is c1ccc2cc(-c3ccc(-c4cc5c(oc6cccc(N(c7ccc8ccccc8c7)c7ccc8ccccc8c7)c65)c5ccccc45)c4oc5ccccc5c34)ccc2c1. The largest absolute Gasteiger partial charge is 0.455 e. The van der Waals surface area contributed by atoms with Gasteiger partial charge < -0.3 is 13.7 Å². The van der Waals surface area contributed by atoms with Crippen LogP contribution < -0.4 is 4.90 Å². The van der Waals surface area contributed by atoms with E-state index < -0.39 is 0 Å². The Hall–Kier alpha value is -8.14. The number of hydrogen-bond donors (Lipinski definition) is 0. The lowest BCUT2D eigenvalue weighted by molar-refractivity contribution is 0.670. The fraction of sp³-hybridized carbons (Fsp3) is 0. The zero-order chi connectivity index (χ0) is 40.0. The van der Waals surface area contributed by atoms with Crippen LogP contribution >= 0.6 is 0 Å². The van der Waals surface area contributed by atoms with Crippen molar-refractivity contribution >= 4 is 104 Å². The van der Waals surface area contributed by atoms with Gasteiger partial charge in [0.1, 0.15) is 22.3 Å². The number of anilines is 3. The Kier molecular flexibility index (Phi) is 7.31. The van der Waals surface area contributed by atoms with Gasteiger partial charge in [0.05, 0.1) is 11.1 Å². The average molecular weight is 778 g/mol. The van der Waals surface area contributed by atoms with Gasteiger partial charge in [-0.25, -0.2) is 0 Å². The molecule has 0 aliphatic heterocycles. The highest BCUT2D eigenvalue weighted by molar-refractivity contribution is 6.25. The lowest BCUT2D eigenvalue weighted by atomic mass is 9.90. The maximum atomic E-state index is 6.96. The molecule has 0 radical (unpaired) electrons. The summed E-state index contributed by atoms with van der Waals surface area (Å²) in [5.74, 6) is 0. The quantitative estimate of drug-likeness (QED) is 0.174. The van der Waals surface area contributed by atoms with E-state index in [1.807, 2.05) is 0 Å². The minimum Gasteiger partial charge on any atom is -0.455 e. The Morgan fingerprint density at radius 1 is 0.295 bits per heavy atom. The molecule has 0 atom stereocenters. The van der Waals surface area contributed by atoms with Crippen LogP contribution in [0, 0.1) is 0 Å². The van der Waals surface area contributed by atoms with Crippen molar-refractivity contribution in [2.75, 3.05) is 4.90 Å². The van der Waals surface area contributed by atoms with E-state index >= 15 is 0 Å². The van der Waals surface area contributed by atoms with E-state index in [0.29, 0.717) is 0 Å². The molecule has 0 unspecified atom stereocenters. The van der Waals surface area contributed by atoms with Gasteiger partial charge in [-0.3, -0.25) is 0 Å². The van der Waals surface area contributed by atoms with Gasteiger partial charge in [0.2, 0.25) is 0 Å². The van der Waals surface area contributed by atoms with Crippen LogP contribution in [0.2, 0.25) is 0 Å². The first-order chi connectivity index (χ1) is 30.2. The van der Waals surface area contributed by atoms with Gasteiger partial charge in [-0.05, 0) is 115 Å². The Bertz CT molecular complexity index is 3830. The molecule has 0 amide bonds. The number of furan rings is 2. The molecule has 0 aliphatic rings. The Morgan fingerprint density at radius 3 is 1.54 bits per heavy atom. The number of hydrogen-bond acceptors (Lipinski definition) is 3. The van der Waals surface area contributed by atoms with Crippen molar-refractivity contribution in [3.05, 3.63) is 212 Å². The van der Waals surface area contributed by atoms with E-state index in [4.69, 9.17) is 8.83 Å². The van der Waals surface area contributed by atoms with Crippen molar-refractivity contribution in [3.8, 4) is 22.3 Å². The minimum atomic E-state index is 0.835. The summed E-state index contributed by atoms with van der Waals surface area (Å²) in [6.07, 6.45) is 0. The number of nitrogens with zero attached hydrogens (tertiary/aromatic N) is 1. The van der Waals surface area contributed by atoms with Crippen LogP contribution in [-0.4, -0.2) is 0 Å². The molecule has 0 aliphatic carbocycles. The highest BCUT2D eigenvalue weighted by Crippen LogP contribution is 2.49. The molecule has 2 heterocycles. The van der Waals surface area contributed by atoms with E-state index in [0.717, 1.165) is 94.0 Å². The van der Waals surface area contributed by atoms with Crippen LogP contribution in [0.25, 0.3) is 109 Å². The molecular weight excluding hydrogens is 743 g/mol. The third-order valence-corrected chi connectivity index (χ3v) is 12.6. The molecule has 13 rings (SSSR count). The van der Waals surface area contributed by atoms with Gasteiger partial charge in [-0.2, -0.15) is 0 Å². The van der Waals surface area contributed by atoms with Crippen molar-refractivity contribution in [2.45, 2.75) is 0 Å². The second-order valence-corrected chi connectivity index (χ2v) is 16.0. The van der Waals surface area contributed by atoms with Crippen molar-refractivity contribution in [3.63, 3.8) is 0 Å². The van der Waals surface area contributed by atoms with Gasteiger partial charge in [-0.1, -0.05) is 152 Å². The molecule has 3 heteroatoms. The van der Waals surface area contributed by atoms with Gasteiger partial charge in [0.25, 0.3) is 0 Å². The number of para-hydroxylation sites is 1. The zero-order valence-corrected chi connectivity index (χ0v) is 33.0. The molecule has 61 heavy (non-hydrogen) atoms. The smallest absolute Gasteiger partial charge is 0.143 e. The third kappa shape index (κ3) is 5.24. The summed E-state index contributed by atoms with van der Waals surface area (Å²) in [5.41, 5.74) is 11.1. The minimum absolute atomic E-state index is 0.835. The molecule has 284 valence electrons. The van der Waals surface area contributed by atoms with Gasteiger partial charge in [0.15, 0.2) is 0 Å². The predicted molar refractivity (Wildman–Crippen MR) is 257 cm³/mol. The third-order valence-electron chi connectivity index (χ3n) is 12.6. The number of rotatable bonds is 5. The second kappa shape index (κ2) is 13.2. The molecule has 0 spiro atoms. The van der Waals surface area contributed by atoms with Crippen molar-refractivity contribution in [2.24, 2.45) is 0 Å². The maximum absolute atomic E-state index is 6.96. The topological polar surface area (TPSA) is 29.5 Å². The molecule has 0 fully saturated rings. The lowest BCUT2D eigenvalue weighted by Crippen LogP contribution is -2.10. The van der Waals surface area contributed by atoms with Crippen LogP contribution in [0.4, 0.5) is 17.1 Å². The van der Waals surface area contributed by atoms with Gasteiger partial charge >= 0.3 is 0 Å². The lowest BCUT2D eigenvalue weighted by Gasteiger charge is -2.27. The molecule has 11 aromatic carbocycles. The van der Waals surface area contributed by atoms with Crippen molar-refractivity contribution in [1.29, 1.82) is 0 Å². The second-order valence-electron chi connectivity index (χ2n) is 16.0. The monoisotopic (exact) mass is 777 g/mol. The van der Waals surface area contributed by atoms with E-state index in [2.05, 4.69) is 217 Å². The summed E-state index contributed by atoms with van der Waals surface area (Å²) in [6, 6.07) is 76.3. The molecular formula is C58H35NO2. The van der Waals surface area contributed by atoms with Crippen molar-refractivity contribution in [1.82, 2.24) is 0 Å². The summed E-state index contributed by atoms with van der Waals surface area (Å²) in [7, 11) is 0. The van der Waals surface area contributed by atoms with E-state index in [-0.39, 0.29) is 0 Å². The van der Waals surface area contributed by atoms with Crippen LogP contribution in [0.15, 0.2) is 221 Å². The van der Waals surface area contributed by atoms with Crippen LogP contribution in [0.1, 0.15) is 0 Å². The summed E-state index contributed by atoms with van der Waals surface area (Å²) >= 11 is 0. The predicted octanol–water partition coefficient (Wildman–Crippen LogP) is 16.9. The summed E-state index contributed by atoms with van der Waals surface area (Å²) < 4.78 is 13.9. The van der Waals surface area contributed by atoms with E-state index in [9.17, 15) is 0 Å². The van der Waals surface area contributed by atoms with Crippen LogP contribution in [-0.2, 0) is 0 Å². The van der Waals surface area contributed by atoms with Gasteiger partial charge in [-0.15, -0.1) is 0 Å².